The monoisotopic (exact) mass is 403 g/mol. The van der Waals surface area contributed by atoms with E-state index < -0.39 is 17.8 Å². The second kappa shape index (κ2) is 8.03. The molecule has 5 heteroatoms. The number of hydrogen-bond donors (Lipinski definition) is 1. The van der Waals surface area contributed by atoms with Gasteiger partial charge in [0, 0.05) is 17.7 Å². The summed E-state index contributed by atoms with van der Waals surface area (Å²) in [6, 6.07) is 20.4. The van der Waals surface area contributed by atoms with Crippen LogP contribution in [-0.2, 0) is 11.3 Å². The lowest BCUT2D eigenvalue weighted by molar-refractivity contribution is -0.130. The van der Waals surface area contributed by atoms with E-state index in [1.807, 2.05) is 31.2 Å². The predicted molar refractivity (Wildman–Crippen MR) is 113 cm³/mol. The number of carbonyl (C=O) groups is 1. The molecule has 1 heterocycles. The number of halogens is 1. The first-order chi connectivity index (χ1) is 14.5. The van der Waals surface area contributed by atoms with Crippen molar-refractivity contribution in [3.8, 4) is 5.75 Å². The maximum absolute atomic E-state index is 14.8. The number of benzene rings is 3. The molecule has 0 fully saturated rings. The van der Waals surface area contributed by atoms with Gasteiger partial charge in [0.2, 0.25) is 0 Å². The average molecular weight is 403 g/mol. The summed E-state index contributed by atoms with van der Waals surface area (Å²) in [6.45, 7) is 2.24. The van der Waals surface area contributed by atoms with Crippen molar-refractivity contribution < 1.29 is 19.0 Å². The standard InChI is InChI=1S/C25H22FNO3/c1-16-7-9-17(10-8-16)15-27-23(20-5-3-4-6-21(20)26)22(24(28)25(27)29)18-11-13-19(30-2)14-12-18/h3-14,23,28H,15H2,1-2H3. The number of rotatable bonds is 5. The molecule has 1 aliphatic rings. The molecule has 0 saturated carbocycles. The molecule has 30 heavy (non-hydrogen) atoms. The lowest BCUT2D eigenvalue weighted by atomic mass is 9.93. The molecule has 1 aliphatic heterocycles. The van der Waals surface area contributed by atoms with Gasteiger partial charge in [0.25, 0.3) is 5.91 Å². The van der Waals surface area contributed by atoms with Gasteiger partial charge in [0.1, 0.15) is 11.6 Å². The Bertz CT molecular complexity index is 1100. The summed E-state index contributed by atoms with van der Waals surface area (Å²) >= 11 is 0. The zero-order valence-electron chi connectivity index (χ0n) is 16.8. The highest BCUT2D eigenvalue weighted by molar-refractivity contribution is 6.05. The molecule has 1 unspecified atom stereocenters. The number of aliphatic hydroxyl groups excluding tert-OH is 1. The number of aliphatic hydroxyl groups is 1. The predicted octanol–water partition coefficient (Wildman–Crippen LogP) is 5.20. The Hall–Kier alpha value is -3.60. The number of ether oxygens (including phenoxy) is 1. The minimum absolute atomic E-state index is 0.252. The fourth-order valence-electron chi connectivity index (χ4n) is 3.79. The molecule has 152 valence electrons. The van der Waals surface area contributed by atoms with Crippen molar-refractivity contribution in [2.45, 2.75) is 19.5 Å². The molecule has 0 radical (unpaired) electrons. The van der Waals surface area contributed by atoms with Crippen LogP contribution in [0.3, 0.4) is 0 Å². The number of methoxy groups -OCH3 is 1. The average Bonchev–Trinajstić information content (AvgIpc) is 3.00. The molecule has 0 bridgehead atoms. The smallest absolute Gasteiger partial charge is 0.290 e. The molecular formula is C25H22FNO3. The molecule has 1 atom stereocenters. The fraction of sp³-hybridized carbons (Fsp3) is 0.160. The van der Waals surface area contributed by atoms with Crippen molar-refractivity contribution in [2.24, 2.45) is 0 Å². The first kappa shape index (κ1) is 19.7. The van der Waals surface area contributed by atoms with E-state index in [1.54, 1.807) is 49.6 Å². The molecule has 3 aromatic rings. The number of hydrogen-bond acceptors (Lipinski definition) is 3. The quantitative estimate of drug-likeness (QED) is 0.637. The second-order valence-corrected chi connectivity index (χ2v) is 7.33. The minimum atomic E-state index is -0.742. The van der Waals surface area contributed by atoms with Gasteiger partial charge in [0.15, 0.2) is 5.76 Å². The van der Waals surface area contributed by atoms with Crippen LogP contribution in [0.4, 0.5) is 4.39 Å². The van der Waals surface area contributed by atoms with Gasteiger partial charge < -0.3 is 14.7 Å². The number of amides is 1. The highest BCUT2D eigenvalue weighted by Crippen LogP contribution is 2.44. The summed E-state index contributed by atoms with van der Waals surface area (Å²) < 4.78 is 20.0. The summed E-state index contributed by atoms with van der Waals surface area (Å²) in [6.07, 6.45) is 0. The molecule has 1 N–H and O–H groups in total. The second-order valence-electron chi connectivity index (χ2n) is 7.33. The summed E-state index contributed by atoms with van der Waals surface area (Å²) in [4.78, 5) is 14.6. The zero-order valence-corrected chi connectivity index (χ0v) is 16.8. The van der Waals surface area contributed by atoms with Gasteiger partial charge in [-0.25, -0.2) is 4.39 Å². The molecule has 0 saturated heterocycles. The first-order valence-electron chi connectivity index (χ1n) is 9.68. The Balaban J connectivity index is 1.81. The zero-order chi connectivity index (χ0) is 21.3. The minimum Gasteiger partial charge on any atom is -0.503 e. The van der Waals surface area contributed by atoms with Crippen molar-refractivity contribution >= 4 is 11.5 Å². The van der Waals surface area contributed by atoms with Crippen LogP contribution in [-0.4, -0.2) is 23.0 Å². The SMILES string of the molecule is COc1ccc(C2=C(O)C(=O)N(Cc3ccc(C)cc3)C2c2ccccc2F)cc1. The summed E-state index contributed by atoms with van der Waals surface area (Å²) in [5.41, 5.74) is 3.38. The summed E-state index contributed by atoms with van der Waals surface area (Å²) in [7, 11) is 1.57. The van der Waals surface area contributed by atoms with Crippen LogP contribution < -0.4 is 4.74 Å². The molecule has 1 amide bonds. The van der Waals surface area contributed by atoms with Crippen molar-refractivity contribution in [3.05, 3.63) is 107 Å². The van der Waals surface area contributed by atoms with Crippen LogP contribution in [0.2, 0.25) is 0 Å². The van der Waals surface area contributed by atoms with E-state index in [-0.39, 0.29) is 12.3 Å². The van der Waals surface area contributed by atoms with Gasteiger partial charge in [-0.15, -0.1) is 0 Å². The van der Waals surface area contributed by atoms with Gasteiger partial charge in [-0.3, -0.25) is 4.79 Å². The lowest BCUT2D eigenvalue weighted by Crippen LogP contribution is -2.30. The molecule has 0 aliphatic carbocycles. The van der Waals surface area contributed by atoms with Gasteiger partial charge in [-0.2, -0.15) is 0 Å². The molecule has 3 aromatic carbocycles. The van der Waals surface area contributed by atoms with E-state index in [2.05, 4.69) is 0 Å². The van der Waals surface area contributed by atoms with Crippen LogP contribution in [0.5, 0.6) is 5.75 Å². The van der Waals surface area contributed by atoms with Gasteiger partial charge >= 0.3 is 0 Å². The van der Waals surface area contributed by atoms with Crippen LogP contribution >= 0.6 is 0 Å². The molecule has 4 nitrogen and oxygen atoms in total. The van der Waals surface area contributed by atoms with Crippen molar-refractivity contribution in [1.29, 1.82) is 0 Å². The summed E-state index contributed by atoms with van der Waals surface area (Å²) in [5, 5.41) is 10.8. The Morgan fingerprint density at radius 1 is 1.00 bits per heavy atom. The van der Waals surface area contributed by atoms with Gasteiger partial charge in [-0.1, -0.05) is 60.2 Å². The maximum Gasteiger partial charge on any atom is 0.290 e. The Labute approximate surface area is 174 Å². The van der Waals surface area contributed by atoms with Crippen molar-refractivity contribution in [1.82, 2.24) is 4.90 Å². The lowest BCUT2D eigenvalue weighted by Gasteiger charge is -2.28. The molecule has 0 aromatic heterocycles. The van der Waals surface area contributed by atoms with Gasteiger partial charge in [-0.05, 0) is 36.2 Å². The normalized spacial score (nSPS) is 16.3. The Morgan fingerprint density at radius 2 is 1.67 bits per heavy atom. The molecule has 4 rings (SSSR count). The van der Waals surface area contributed by atoms with Crippen LogP contribution in [0, 0.1) is 12.7 Å². The number of carbonyl (C=O) groups excluding carboxylic acids is 1. The van der Waals surface area contributed by atoms with Gasteiger partial charge in [0.05, 0.1) is 13.2 Å². The third-order valence-corrected chi connectivity index (χ3v) is 5.38. The van der Waals surface area contributed by atoms with Crippen LogP contribution in [0.1, 0.15) is 28.3 Å². The van der Waals surface area contributed by atoms with Crippen molar-refractivity contribution in [3.63, 3.8) is 0 Å². The largest absolute Gasteiger partial charge is 0.503 e. The first-order valence-corrected chi connectivity index (χ1v) is 9.68. The van der Waals surface area contributed by atoms with Crippen molar-refractivity contribution in [2.75, 3.05) is 7.11 Å². The van der Waals surface area contributed by atoms with E-state index in [9.17, 15) is 14.3 Å². The Morgan fingerprint density at radius 3 is 2.30 bits per heavy atom. The maximum atomic E-state index is 14.8. The molecular weight excluding hydrogens is 381 g/mol. The fourth-order valence-corrected chi connectivity index (χ4v) is 3.79. The third-order valence-electron chi connectivity index (χ3n) is 5.38. The highest BCUT2D eigenvalue weighted by atomic mass is 19.1. The Kier molecular flexibility index (Phi) is 5.27. The highest BCUT2D eigenvalue weighted by Gasteiger charge is 2.42. The van der Waals surface area contributed by atoms with E-state index in [0.29, 0.717) is 22.4 Å². The molecule has 0 spiro atoms. The summed E-state index contributed by atoms with van der Waals surface area (Å²) in [5.74, 6) is -0.651. The van der Waals surface area contributed by atoms with E-state index in [1.165, 1.54) is 11.0 Å². The van der Waals surface area contributed by atoms with E-state index in [4.69, 9.17) is 4.74 Å². The topological polar surface area (TPSA) is 49.8 Å². The van der Waals surface area contributed by atoms with Crippen LogP contribution in [0.25, 0.3) is 5.57 Å². The third kappa shape index (κ3) is 3.54. The van der Waals surface area contributed by atoms with E-state index in [0.717, 1.165) is 11.1 Å². The van der Waals surface area contributed by atoms with Crippen LogP contribution in [0.15, 0.2) is 78.6 Å². The van der Waals surface area contributed by atoms with E-state index >= 15 is 0 Å². The number of aryl methyl sites for hydroxylation is 1. The number of nitrogens with zero attached hydrogens (tertiary/aromatic N) is 1.